The third-order valence-electron chi connectivity index (χ3n) is 3.19. The van der Waals surface area contributed by atoms with Crippen molar-refractivity contribution in [1.82, 2.24) is 15.2 Å². The van der Waals surface area contributed by atoms with Crippen LogP contribution in [-0.2, 0) is 5.75 Å². The quantitative estimate of drug-likeness (QED) is 0.651. The van der Waals surface area contributed by atoms with Crippen LogP contribution in [-0.4, -0.2) is 21.8 Å². The summed E-state index contributed by atoms with van der Waals surface area (Å²) < 4.78 is 5.63. The number of hydrogen-bond donors (Lipinski definition) is 1. The Morgan fingerprint density at radius 3 is 2.70 bits per heavy atom. The third kappa shape index (κ3) is 4.06. The lowest BCUT2D eigenvalue weighted by molar-refractivity contribution is 0.341. The molecule has 0 saturated heterocycles. The second-order valence-electron chi connectivity index (χ2n) is 4.81. The zero-order chi connectivity index (χ0) is 16.1. The van der Waals surface area contributed by atoms with E-state index in [9.17, 15) is 0 Å². The maximum absolute atomic E-state index is 5.89. The molecule has 0 spiro atoms. The maximum Gasteiger partial charge on any atom is 0.209 e. The molecule has 2 aromatic carbocycles. The van der Waals surface area contributed by atoms with Gasteiger partial charge >= 0.3 is 0 Å². The highest BCUT2D eigenvalue weighted by molar-refractivity contribution is 7.98. The monoisotopic (exact) mass is 345 g/mol. The number of ether oxygens (including phenoxy) is 1. The van der Waals surface area contributed by atoms with Crippen LogP contribution in [0.15, 0.2) is 53.7 Å². The van der Waals surface area contributed by atoms with Crippen LogP contribution in [0, 0.1) is 0 Å². The fourth-order valence-electron chi connectivity index (χ4n) is 2.10. The Kier molecular flexibility index (Phi) is 5.20. The largest absolute Gasteiger partial charge is 0.493 e. The van der Waals surface area contributed by atoms with Gasteiger partial charge in [-0.25, -0.2) is 4.98 Å². The van der Waals surface area contributed by atoms with E-state index < -0.39 is 0 Å². The first-order valence-electron chi connectivity index (χ1n) is 7.28. The lowest BCUT2D eigenvalue weighted by Crippen LogP contribution is -1.94. The van der Waals surface area contributed by atoms with Gasteiger partial charge in [-0.1, -0.05) is 47.6 Å². The molecule has 0 bridgehead atoms. The molecule has 1 aromatic heterocycles. The topological polar surface area (TPSA) is 50.8 Å². The van der Waals surface area contributed by atoms with E-state index in [1.165, 1.54) is 5.56 Å². The Bertz CT molecular complexity index is 774. The van der Waals surface area contributed by atoms with E-state index in [-0.39, 0.29) is 0 Å². The Balaban J connectivity index is 1.72. The van der Waals surface area contributed by atoms with Crippen molar-refractivity contribution in [3.05, 3.63) is 59.1 Å². The number of aromatic amines is 1. The summed E-state index contributed by atoms with van der Waals surface area (Å²) in [5.74, 6) is 2.31. The van der Waals surface area contributed by atoms with Crippen LogP contribution in [0.1, 0.15) is 12.5 Å². The van der Waals surface area contributed by atoms with Crippen molar-refractivity contribution in [2.45, 2.75) is 17.8 Å². The minimum absolute atomic E-state index is 0.614. The predicted octanol–water partition coefficient (Wildman–Crippen LogP) is 4.82. The minimum Gasteiger partial charge on any atom is -0.493 e. The van der Waals surface area contributed by atoms with E-state index in [4.69, 9.17) is 16.3 Å². The van der Waals surface area contributed by atoms with Gasteiger partial charge in [0.25, 0.3) is 0 Å². The van der Waals surface area contributed by atoms with Crippen molar-refractivity contribution in [3.8, 4) is 17.1 Å². The van der Waals surface area contributed by atoms with Crippen molar-refractivity contribution in [2.75, 3.05) is 6.61 Å². The fourth-order valence-corrected chi connectivity index (χ4v) is 2.98. The van der Waals surface area contributed by atoms with E-state index in [0.29, 0.717) is 17.6 Å². The van der Waals surface area contributed by atoms with Gasteiger partial charge in [-0.05, 0) is 36.8 Å². The van der Waals surface area contributed by atoms with E-state index in [2.05, 4.69) is 15.2 Å². The van der Waals surface area contributed by atoms with Crippen molar-refractivity contribution in [2.24, 2.45) is 0 Å². The predicted molar refractivity (Wildman–Crippen MR) is 94.0 cm³/mol. The first-order valence-corrected chi connectivity index (χ1v) is 8.64. The second-order valence-corrected chi connectivity index (χ2v) is 6.19. The van der Waals surface area contributed by atoms with Gasteiger partial charge in [0.05, 0.1) is 12.2 Å². The molecule has 6 heteroatoms. The molecule has 0 amide bonds. The van der Waals surface area contributed by atoms with Gasteiger partial charge in [0.2, 0.25) is 5.16 Å². The summed E-state index contributed by atoms with van der Waals surface area (Å²) in [5, 5.41) is 8.71. The van der Waals surface area contributed by atoms with Crippen LogP contribution in [0.3, 0.4) is 0 Å². The van der Waals surface area contributed by atoms with Crippen LogP contribution in [0.4, 0.5) is 0 Å². The average molecular weight is 346 g/mol. The summed E-state index contributed by atoms with van der Waals surface area (Å²) in [6.07, 6.45) is 0. The SMILES string of the molecule is CCOc1ccccc1-c1nc(SCc2ccc(Cl)cc2)n[nH]1. The molecule has 1 heterocycles. The maximum atomic E-state index is 5.89. The van der Waals surface area contributed by atoms with Crippen LogP contribution in [0.5, 0.6) is 5.75 Å². The van der Waals surface area contributed by atoms with Gasteiger partial charge in [-0.2, -0.15) is 0 Å². The molecule has 1 N–H and O–H groups in total. The van der Waals surface area contributed by atoms with Crippen LogP contribution < -0.4 is 4.74 Å². The number of nitrogens with one attached hydrogen (secondary N) is 1. The molecule has 4 nitrogen and oxygen atoms in total. The molecule has 0 radical (unpaired) electrons. The molecule has 0 unspecified atom stereocenters. The van der Waals surface area contributed by atoms with Crippen LogP contribution in [0.25, 0.3) is 11.4 Å². The van der Waals surface area contributed by atoms with Gasteiger partial charge in [-0.15, -0.1) is 5.10 Å². The second kappa shape index (κ2) is 7.53. The highest BCUT2D eigenvalue weighted by Gasteiger charge is 2.11. The molecule has 0 atom stereocenters. The molecule has 0 fully saturated rings. The van der Waals surface area contributed by atoms with Gasteiger partial charge < -0.3 is 4.74 Å². The molecule has 3 aromatic rings. The van der Waals surface area contributed by atoms with E-state index in [0.717, 1.165) is 22.1 Å². The normalized spacial score (nSPS) is 10.7. The summed E-state index contributed by atoms with van der Waals surface area (Å²) in [4.78, 5) is 4.55. The summed E-state index contributed by atoms with van der Waals surface area (Å²) in [7, 11) is 0. The fraction of sp³-hybridized carbons (Fsp3) is 0.176. The van der Waals surface area contributed by atoms with Crippen LogP contribution >= 0.6 is 23.4 Å². The number of nitrogens with zero attached hydrogens (tertiary/aromatic N) is 2. The standard InChI is InChI=1S/C17H16ClN3OS/c1-2-22-15-6-4-3-5-14(15)16-19-17(21-20-16)23-11-12-7-9-13(18)10-8-12/h3-10H,2,11H2,1H3,(H,19,20,21). The first kappa shape index (κ1) is 15.9. The zero-order valence-corrected chi connectivity index (χ0v) is 14.2. The molecule has 0 saturated carbocycles. The molecule has 0 aliphatic carbocycles. The number of H-pyrrole nitrogens is 1. The van der Waals surface area contributed by atoms with Gasteiger partial charge in [0.15, 0.2) is 5.82 Å². The highest BCUT2D eigenvalue weighted by Crippen LogP contribution is 2.29. The van der Waals surface area contributed by atoms with Crippen molar-refractivity contribution >= 4 is 23.4 Å². The lowest BCUT2D eigenvalue weighted by Gasteiger charge is -2.06. The van der Waals surface area contributed by atoms with Crippen molar-refractivity contribution in [1.29, 1.82) is 0 Å². The average Bonchev–Trinajstić information content (AvgIpc) is 3.04. The number of halogens is 1. The number of para-hydroxylation sites is 1. The summed E-state index contributed by atoms with van der Waals surface area (Å²) in [5.41, 5.74) is 2.10. The lowest BCUT2D eigenvalue weighted by atomic mass is 10.2. The molecule has 118 valence electrons. The first-order chi connectivity index (χ1) is 11.3. The van der Waals surface area contributed by atoms with E-state index >= 15 is 0 Å². The zero-order valence-electron chi connectivity index (χ0n) is 12.6. The third-order valence-corrected chi connectivity index (χ3v) is 4.36. The van der Waals surface area contributed by atoms with Crippen molar-refractivity contribution < 1.29 is 4.74 Å². The molecule has 23 heavy (non-hydrogen) atoms. The molecule has 0 aliphatic rings. The van der Waals surface area contributed by atoms with Gasteiger partial charge in [0.1, 0.15) is 5.75 Å². The van der Waals surface area contributed by atoms with Crippen molar-refractivity contribution in [3.63, 3.8) is 0 Å². The Hall–Kier alpha value is -1.98. The number of rotatable bonds is 6. The molecular formula is C17H16ClN3OS. The Labute approximate surface area is 144 Å². The number of thioether (sulfide) groups is 1. The van der Waals surface area contributed by atoms with E-state index in [1.54, 1.807) is 11.8 Å². The van der Waals surface area contributed by atoms with Crippen LogP contribution in [0.2, 0.25) is 5.02 Å². The number of hydrogen-bond acceptors (Lipinski definition) is 4. The number of benzene rings is 2. The van der Waals surface area contributed by atoms with Gasteiger partial charge in [0, 0.05) is 10.8 Å². The van der Waals surface area contributed by atoms with E-state index in [1.807, 2.05) is 55.5 Å². The summed E-state index contributed by atoms with van der Waals surface area (Å²) in [6.45, 7) is 2.58. The summed E-state index contributed by atoms with van der Waals surface area (Å²) >= 11 is 7.47. The number of aromatic nitrogens is 3. The molecular weight excluding hydrogens is 330 g/mol. The Morgan fingerprint density at radius 1 is 1.13 bits per heavy atom. The minimum atomic E-state index is 0.614. The molecule has 0 aliphatic heterocycles. The smallest absolute Gasteiger partial charge is 0.209 e. The van der Waals surface area contributed by atoms with Gasteiger partial charge in [-0.3, -0.25) is 5.10 Å². The molecule has 3 rings (SSSR count). The summed E-state index contributed by atoms with van der Waals surface area (Å²) in [6, 6.07) is 15.6. The highest BCUT2D eigenvalue weighted by atomic mass is 35.5. The Morgan fingerprint density at radius 2 is 1.91 bits per heavy atom.